The number of para-hydroxylation sites is 1. The summed E-state index contributed by atoms with van der Waals surface area (Å²) < 4.78 is 1.87. The summed E-state index contributed by atoms with van der Waals surface area (Å²) in [4.78, 5) is 15.6. The molecule has 2 N–H and O–H groups in total. The van der Waals surface area contributed by atoms with Gasteiger partial charge in [0.15, 0.2) is 0 Å². The van der Waals surface area contributed by atoms with Crippen molar-refractivity contribution in [2.24, 2.45) is 0 Å². The predicted molar refractivity (Wildman–Crippen MR) is 71.8 cm³/mol. The number of anilines is 1. The van der Waals surface area contributed by atoms with Crippen LogP contribution in [0.2, 0.25) is 0 Å². The zero-order valence-corrected chi connectivity index (χ0v) is 9.58. The van der Waals surface area contributed by atoms with Gasteiger partial charge >= 0.3 is 0 Å². The van der Waals surface area contributed by atoms with E-state index in [1.165, 1.54) is 6.33 Å². The van der Waals surface area contributed by atoms with Crippen LogP contribution in [0.4, 0.5) is 5.69 Å². The molecule has 1 aromatic heterocycles. The molecule has 4 nitrogen and oxygen atoms in total. The summed E-state index contributed by atoms with van der Waals surface area (Å²) in [6, 6.07) is 14.8. The lowest BCUT2D eigenvalue weighted by molar-refractivity contribution is 1.02. The second-order valence-corrected chi connectivity index (χ2v) is 4.03. The fourth-order valence-electron chi connectivity index (χ4n) is 1.95. The maximum Gasteiger partial charge on any atom is 0.280 e. The monoisotopic (exact) mass is 237 g/mol. The smallest absolute Gasteiger partial charge is 0.280 e. The molecule has 0 aliphatic heterocycles. The summed E-state index contributed by atoms with van der Waals surface area (Å²) >= 11 is 0. The Morgan fingerprint density at radius 3 is 2.50 bits per heavy atom. The normalized spacial score (nSPS) is 10.7. The van der Waals surface area contributed by atoms with Crippen molar-refractivity contribution in [3.8, 4) is 5.69 Å². The molecule has 0 atom stereocenters. The highest BCUT2D eigenvalue weighted by Gasteiger charge is 2.04. The SMILES string of the molecule is Nc1ccc(-n2cnc(=O)c3ccccc32)cc1. The van der Waals surface area contributed by atoms with Crippen LogP contribution in [-0.2, 0) is 0 Å². The summed E-state index contributed by atoms with van der Waals surface area (Å²) in [7, 11) is 0. The molecule has 0 saturated heterocycles. The Morgan fingerprint density at radius 1 is 1.00 bits per heavy atom. The van der Waals surface area contributed by atoms with Crippen molar-refractivity contribution < 1.29 is 0 Å². The standard InChI is InChI=1S/C14H11N3O/c15-10-5-7-11(8-6-10)17-9-16-14(18)12-3-1-2-4-13(12)17/h1-9H,15H2. The highest BCUT2D eigenvalue weighted by Crippen LogP contribution is 2.16. The first-order chi connectivity index (χ1) is 8.75. The maximum absolute atomic E-state index is 11.7. The number of fused-ring (bicyclic) bond motifs is 1. The van der Waals surface area contributed by atoms with Crippen LogP contribution in [0, 0.1) is 0 Å². The number of nitrogen functional groups attached to an aromatic ring is 1. The molecule has 0 unspecified atom stereocenters. The number of nitrogens with zero attached hydrogens (tertiary/aromatic N) is 2. The Hall–Kier alpha value is -2.62. The van der Waals surface area contributed by atoms with E-state index in [0.717, 1.165) is 11.2 Å². The average Bonchev–Trinajstić information content (AvgIpc) is 2.41. The summed E-state index contributed by atoms with van der Waals surface area (Å²) in [6.45, 7) is 0. The van der Waals surface area contributed by atoms with Gasteiger partial charge in [-0.1, -0.05) is 12.1 Å². The van der Waals surface area contributed by atoms with E-state index in [-0.39, 0.29) is 5.56 Å². The first-order valence-electron chi connectivity index (χ1n) is 5.58. The third-order valence-electron chi connectivity index (χ3n) is 2.86. The predicted octanol–water partition coefficient (Wildman–Crippen LogP) is 1.97. The molecule has 4 heteroatoms. The Morgan fingerprint density at radius 2 is 1.72 bits per heavy atom. The van der Waals surface area contributed by atoms with E-state index >= 15 is 0 Å². The highest BCUT2D eigenvalue weighted by molar-refractivity contribution is 5.79. The lowest BCUT2D eigenvalue weighted by atomic mass is 10.2. The molecule has 0 aliphatic rings. The van der Waals surface area contributed by atoms with Crippen LogP contribution >= 0.6 is 0 Å². The van der Waals surface area contributed by atoms with Crippen molar-refractivity contribution in [2.75, 3.05) is 5.73 Å². The van der Waals surface area contributed by atoms with Gasteiger partial charge in [0, 0.05) is 11.4 Å². The van der Waals surface area contributed by atoms with Crippen LogP contribution in [-0.4, -0.2) is 9.55 Å². The molecule has 0 saturated carbocycles. The van der Waals surface area contributed by atoms with Gasteiger partial charge in [-0.2, -0.15) is 4.98 Å². The van der Waals surface area contributed by atoms with Gasteiger partial charge in [0.1, 0.15) is 6.33 Å². The minimum atomic E-state index is -0.211. The quantitative estimate of drug-likeness (QED) is 0.658. The molecular formula is C14H11N3O. The van der Waals surface area contributed by atoms with Crippen molar-refractivity contribution in [1.82, 2.24) is 9.55 Å². The summed E-state index contributed by atoms with van der Waals surface area (Å²) in [5.41, 5.74) is 7.92. The van der Waals surface area contributed by atoms with Gasteiger partial charge in [0.05, 0.1) is 10.9 Å². The maximum atomic E-state index is 11.7. The van der Waals surface area contributed by atoms with E-state index in [1.54, 1.807) is 6.07 Å². The molecule has 0 radical (unpaired) electrons. The zero-order chi connectivity index (χ0) is 12.5. The van der Waals surface area contributed by atoms with Crippen LogP contribution in [0.25, 0.3) is 16.6 Å². The van der Waals surface area contributed by atoms with Gasteiger partial charge in [-0.3, -0.25) is 4.79 Å². The number of rotatable bonds is 1. The van der Waals surface area contributed by atoms with Gasteiger partial charge in [0.25, 0.3) is 5.56 Å². The van der Waals surface area contributed by atoms with E-state index in [0.29, 0.717) is 11.1 Å². The van der Waals surface area contributed by atoms with Gasteiger partial charge in [-0.25, -0.2) is 0 Å². The molecule has 0 amide bonds. The minimum Gasteiger partial charge on any atom is -0.399 e. The molecule has 2 aromatic carbocycles. The fraction of sp³-hybridized carbons (Fsp3) is 0. The Bertz CT molecular complexity index is 760. The molecule has 18 heavy (non-hydrogen) atoms. The van der Waals surface area contributed by atoms with Crippen LogP contribution in [0.3, 0.4) is 0 Å². The van der Waals surface area contributed by atoms with Crippen LogP contribution < -0.4 is 11.3 Å². The van der Waals surface area contributed by atoms with Crippen LogP contribution in [0.15, 0.2) is 59.7 Å². The molecule has 1 heterocycles. The van der Waals surface area contributed by atoms with E-state index in [9.17, 15) is 4.79 Å². The van der Waals surface area contributed by atoms with E-state index in [2.05, 4.69) is 4.98 Å². The van der Waals surface area contributed by atoms with Gasteiger partial charge in [-0.15, -0.1) is 0 Å². The van der Waals surface area contributed by atoms with Crippen molar-refractivity contribution in [3.63, 3.8) is 0 Å². The van der Waals surface area contributed by atoms with Crippen molar-refractivity contribution in [2.45, 2.75) is 0 Å². The molecule has 88 valence electrons. The summed E-state index contributed by atoms with van der Waals surface area (Å²) in [5.74, 6) is 0. The van der Waals surface area contributed by atoms with Gasteiger partial charge in [-0.05, 0) is 36.4 Å². The third kappa shape index (κ3) is 1.64. The first-order valence-corrected chi connectivity index (χ1v) is 5.58. The second-order valence-electron chi connectivity index (χ2n) is 4.03. The second kappa shape index (κ2) is 4.00. The Labute approximate surface area is 103 Å². The van der Waals surface area contributed by atoms with E-state index in [1.807, 2.05) is 47.0 Å². The van der Waals surface area contributed by atoms with Gasteiger partial charge in [0.2, 0.25) is 0 Å². The minimum absolute atomic E-state index is 0.211. The fourth-order valence-corrected chi connectivity index (χ4v) is 1.95. The lowest BCUT2D eigenvalue weighted by Crippen LogP contribution is -2.11. The van der Waals surface area contributed by atoms with Crippen LogP contribution in [0.5, 0.6) is 0 Å². The average molecular weight is 237 g/mol. The molecule has 3 rings (SSSR count). The number of hydrogen-bond donors (Lipinski definition) is 1. The Balaban J connectivity index is 2.33. The molecule has 0 bridgehead atoms. The molecule has 3 aromatic rings. The van der Waals surface area contributed by atoms with Gasteiger partial charge < -0.3 is 10.3 Å². The molecule has 0 fully saturated rings. The number of hydrogen-bond acceptors (Lipinski definition) is 3. The molecule has 0 aliphatic carbocycles. The largest absolute Gasteiger partial charge is 0.399 e. The highest BCUT2D eigenvalue weighted by atomic mass is 16.1. The lowest BCUT2D eigenvalue weighted by Gasteiger charge is -2.09. The van der Waals surface area contributed by atoms with Crippen molar-refractivity contribution >= 4 is 16.6 Å². The third-order valence-corrected chi connectivity index (χ3v) is 2.86. The number of nitrogens with two attached hydrogens (primary N) is 1. The summed E-state index contributed by atoms with van der Waals surface area (Å²) in [6.07, 6.45) is 1.54. The number of benzene rings is 2. The van der Waals surface area contributed by atoms with Crippen molar-refractivity contribution in [3.05, 3.63) is 65.2 Å². The number of aromatic nitrogens is 2. The van der Waals surface area contributed by atoms with E-state index in [4.69, 9.17) is 5.73 Å². The first kappa shape index (κ1) is 10.5. The summed E-state index contributed by atoms with van der Waals surface area (Å²) in [5, 5.41) is 0.608. The van der Waals surface area contributed by atoms with Crippen molar-refractivity contribution in [1.29, 1.82) is 0 Å². The molecular weight excluding hydrogens is 226 g/mol. The Kier molecular flexibility index (Phi) is 2.34. The topological polar surface area (TPSA) is 60.9 Å². The zero-order valence-electron chi connectivity index (χ0n) is 9.58. The van der Waals surface area contributed by atoms with E-state index < -0.39 is 0 Å². The molecule has 0 spiro atoms. The van der Waals surface area contributed by atoms with Crippen LogP contribution in [0.1, 0.15) is 0 Å².